The van der Waals surface area contributed by atoms with E-state index in [0.29, 0.717) is 15.3 Å². The van der Waals surface area contributed by atoms with E-state index in [1.54, 1.807) is 12.3 Å². The number of benzene rings is 1. The fourth-order valence-electron chi connectivity index (χ4n) is 4.59. The Hall–Kier alpha value is -2.33. The predicted octanol–water partition coefficient (Wildman–Crippen LogP) is 4.94. The van der Waals surface area contributed by atoms with Crippen LogP contribution in [-0.2, 0) is 4.74 Å². The van der Waals surface area contributed by atoms with Gasteiger partial charge >= 0.3 is 0 Å². The Bertz CT molecular complexity index is 1140. The van der Waals surface area contributed by atoms with Crippen molar-refractivity contribution in [1.82, 2.24) is 20.1 Å². The Morgan fingerprint density at radius 1 is 1.12 bits per heavy atom. The Balaban J connectivity index is 1.41. The first-order chi connectivity index (χ1) is 16.6. The molecule has 9 heteroatoms. The van der Waals surface area contributed by atoms with Crippen molar-refractivity contribution in [3.8, 4) is 11.3 Å². The molecule has 2 fully saturated rings. The fraction of sp³-hybridized carbons (Fsp3) is 0.360. The highest BCUT2D eigenvalue weighted by Crippen LogP contribution is 2.41. The molecule has 0 aliphatic carbocycles. The minimum atomic E-state index is -0.297. The lowest BCUT2D eigenvalue weighted by atomic mass is 10.0. The molecule has 2 aliphatic heterocycles. The number of aromatic nitrogens is 1. The zero-order valence-electron chi connectivity index (χ0n) is 18.6. The largest absolute Gasteiger partial charge is 0.459 e. The molecule has 0 saturated carbocycles. The molecule has 5 rings (SSSR count). The predicted molar refractivity (Wildman–Crippen MR) is 136 cm³/mol. The molecule has 1 N–H and O–H groups in total. The van der Waals surface area contributed by atoms with Crippen molar-refractivity contribution in [3.05, 3.63) is 76.5 Å². The van der Waals surface area contributed by atoms with E-state index in [1.807, 2.05) is 30.3 Å². The van der Waals surface area contributed by atoms with Crippen molar-refractivity contribution in [3.63, 3.8) is 0 Å². The lowest BCUT2D eigenvalue weighted by Crippen LogP contribution is -2.38. The molecule has 6 nitrogen and oxygen atoms in total. The summed E-state index contributed by atoms with van der Waals surface area (Å²) in [7, 11) is 0. The number of furan rings is 1. The van der Waals surface area contributed by atoms with Crippen LogP contribution in [0.3, 0.4) is 0 Å². The number of halogens is 2. The summed E-state index contributed by atoms with van der Waals surface area (Å²) in [6.07, 6.45) is 2.77. The quantitative estimate of drug-likeness (QED) is 0.423. The molecular weight excluding hydrogens is 519 g/mol. The zero-order chi connectivity index (χ0) is 23.5. The summed E-state index contributed by atoms with van der Waals surface area (Å²) in [6, 6.07) is 14.1. The molecule has 0 unspecified atom stereocenters. The van der Waals surface area contributed by atoms with Gasteiger partial charge in [-0.2, -0.15) is 0 Å². The minimum Gasteiger partial charge on any atom is -0.459 e. The van der Waals surface area contributed by atoms with Gasteiger partial charge < -0.3 is 19.4 Å². The molecule has 0 spiro atoms. The van der Waals surface area contributed by atoms with Crippen LogP contribution in [0.1, 0.15) is 30.0 Å². The summed E-state index contributed by atoms with van der Waals surface area (Å²) < 4.78 is 26.1. The number of nitrogens with one attached hydrogen (secondary N) is 1. The molecule has 3 aromatic rings. The average molecular weight is 545 g/mol. The second-order valence-electron chi connectivity index (χ2n) is 8.45. The number of hydrogen-bond acceptors (Lipinski definition) is 5. The maximum atomic E-state index is 13.6. The van der Waals surface area contributed by atoms with Crippen molar-refractivity contribution in [2.24, 2.45) is 0 Å². The second kappa shape index (κ2) is 10.5. The molecule has 2 atom stereocenters. The van der Waals surface area contributed by atoms with E-state index in [2.05, 4.69) is 36.0 Å². The topological polar surface area (TPSA) is 53.8 Å². The van der Waals surface area contributed by atoms with Gasteiger partial charge in [-0.3, -0.25) is 9.88 Å². The van der Waals surface area contributed by atoms with Gasteiger partial charge in [0.2, 0.25) is 0 Å². The highest BCUT2D eigenvalue weighted by Gasteiger charge is 2.41. The van der Waals surface area contributed by atoms with Crippen molar-refractivity contribution in [2.45, 2.75) is 18.5 Å². The van der Waals surface area contributed by atoms with E-state index >= 15 is 0 Å². The summed E-state index contributed by atoms with van der Waals surface area (Å²) in [5, 5.41) is 4.17. The maximum Gasteiger partial charge on any atom is 0.170 e. The van der Waals surface area contributed by atoms with Crippen LogP contribution in [0.4, 0.5) is 4.39 Å². The van der Waals surface area contributed by atoms with Crippen LogP contribution in [0.5, 0.6) is 0 Å². The van der Waals surface area contributed by atoms with Gasteiger partial charge in [-0.15, -0.1) is 0 Å². The number of morpholine rings is 1. The van der Waals surface area contributed by atoms with Crippen LogP contribution < -0.4 is 5.32 Å². The SMILES string of the molecule is Fc1ccc(-c2ccc([C@@H]3[C@H](c4ccccn4)NC(=S)N3CCCN3CCOCC3)o2)c(Br)c1. The molecule has 0 radical (unpaired) electrons. The van der Waals surface area contributed by atoms with Crippen LogP contribution in [0.15, 0.2) is 63.6 Å². The first-order valence-electron chi connectivity index (χ1n) is 11.4. The monoisotopic (exact) mass is 544 g/mol. The second-order valence-corrected chi connectivity index (χ2v) is 9.69. The summed E-state index contributed by atoms with van der Waals surface area (Å²) in [4.78, 5) is 9.22. The first-order valence-corrected chi connectivity index (χ1v) is 12.6. The van der Waals surface area contributed by atoms with Gasteiger partial charge in [-0.05, 0) is 77.0 Å². The standard InChI is InChI=1S/C25H26BrFN4O2S/c26-19-16-17(27)5-6-18(19)21-7-8-22(33-21)24-23(20-4-1-2-9-28-20)29-25(34)31(24)11-3-10-30-12-14-32-15-13-30/h1-2,4-9,16,23-24H,3,10-15H2,(H,29,34)/t23-,24+/m0/s1. The molecule has 1 aromatic carbocycles. The lowest BCUT2D eigenvalue weighted by Gasteiger charge is -2.29. The molecule has 34 heavy (non-hydrogen) atoms. The van der Waals surface area contributed by atoms with Gasteiger partial charge in [0.1, 0.15) is 23.4 Å². The summed E-state index contributed by atoms with van der Waals surface area (Å²) in [5.41, 5.74) is 1.71. The summed E-state index contributed by atoms with van der Waals surface area (Å²) in [5.74, 6) is 1.17. The number of thiocarbonyl (C=S) groups is 1. The van der Waals surface area contributed by atoms with Crippen molar-refractivity contribution >= 4 is 33.3 Å². The third-order valence-corrected chi connectivity index (χ3v) is 7.30. The number of rotatable bonds is 7. The van der Waals surface area contributed by atoms with E-state index in [0.717, 1.165) is 62.8 Å². The number of nitrogens with zero attached hydrogens (tertiary/aromatic N) is 3. The third-order valence-electron chi connectivity index (χ3n) is 6.29. The van der Waals surface area contributed by atoms with Gasteiger partial charge in [0.25, 0.3) is 0 Å². The van der Waals surface area contributed by atoms with Crippen LogP contribution in [-0.4, -0.2) is 59.3 Å². The summed E-state index contributed by atoms with van der Waals surface area (Å²) >= 11 is 9.21. The molecule has 178 valence electrons. The van der Waals surface area contributed by atoms with E-state index < -0.39 is 0 Å². The van der Waals surface area contributed by atoms with Gasteiger partial charge in [0.05, 0.1) is 24.9 Å². The van der Waals surface area contributed by atoms with E-state index in [1.165, 1.54) is 12.1 Å². The Labute approximate surface area is 212 Å². The highest BCUT2D eigenvalue weighted by molar-refractivity contribution is 9.10. The lowest BCUT2D eigenvalue weighted by molar-refractivity contribution is 0.0365. The van der Waals surface area contributed by atoms with Crippen LogP contribution >= 0.6 is 28.1 Å². The molecule has 2 aromatic heterocycles. The first kappa shape index (κ1) is 23.4. The maximum absolute atomic E-state index is 13.6. The normalized spacial score (nSPS) is 21.1. The van der Waals surface area contributed by atoms with Crippen molar-refractivity contribution in [2.75, 3.05) is 39.4 Å². The fourth-order valence-corrected chi connectivity index (χ4v) is 5.47. The number of pyridine rings is 1. The minimum absolute atomic E-state index is 0.132. The molecule has 0 amide bonds. The highest BCUT2D eigenvalue weighted by atomic mass is 79.9. The van der Waals surface area contributed by atoms with Crippen molar-refractivity contribution < 1.29 is 13.5 Å². The number of ether oxygens (including phenoxy) is 1. The van der Waals surface area contributed by atoms with Crippen LogP contribution in [0.2, 0.25) is 0 Å². The molecule has 2 saturated heterocycles. The van der Waals surface area contributed by atoms with Gasteiger partial charge in [0.15, 0.2) is 5.11 Å². The molecule has 2 aliphatic rings. The molecule has 4 heterocycles. The van der Waals surface area contributed by atoms with Gasteiger partial charge in [0, 0.05) is 42.4 Å². The van der Waals surface area contributed by atoms with E-state index in [-0.39, 0.29) is 17.9 Å². The molecule has 0 bridgehead atoms. The summed E-state index contributed by atoms with van der Waals surface area (Å²) in [6.45, 7) is 5.32. The van der Waals surface area contributed by atoms with Crippen LogP contribution in [0, 0.1) is 5.82 Å². The smallest absolute Gasteiger partial charge is 0.170 e. The van der Waals surface area contributed by atoms with E-state index in [4.69, 9.17) is 21.4 Å². The number of hydrogen-bond donors (Lipinski definition) is 1. The van der Waals surface area contributed by atoms with Gasteiger partial charge in [-0.1, -0.05) is 6.07 Å². The Morgan fingerprint density at radius 3 is 2.74 bits per heavy atom. The van der Waals surface area contributed by atoms with E-state index in [9.17, 15) is 4.39 Å². The molecular formula is C25H26BrFN4O2S. The Kier molecular flexibility index (Phi) is 7.24. The van der Waals surface area contributed by atoms with Crippen molar-refractivity contribution in [1.29, 1.82) is 0 Å². The third kappa shape index (κ3) is 5.02. The van der Waals surface area contributed by atoms with Gasteiger partial charge in [-0.25, -0.2) is 4.39 Å². The average Bonchev–Trinajstić information content (AvgIpc) is 3.45. The van der Waals surface area contributed by atoms with Crippen LogP contribution in [0.25, 0.3) is 11.3 Å². The Morgan fingerprint density at radius 2 is 1.97 bits per heavy atom. The zero-order valence-corrected chi connectivity index (χ0v) is 21.0.